The molecule has 2 aromatic carbocycles. The van der Waals surface area contributed by atoms with E-state index in [0.717, 1.165) is 13.0 Å². The molecule has 0 bridgehead atoms. The molecule has 0 radical (unpaired) electrons. The summed E-state index contributed by atoms with van der Waals surface area (Å²) in [6.45, 7) is 6.18. The monoisotopic (exact) mass is 407 g/mol. The lowest BCUT2D eigenvalue weighted by Crippen LogP contribution is -2.77. The van der Waals surface area contributed by atoms with Gasteiger partial charge in [0.15, 0.2) is 0 Å². The normalized spacial score (nSPS) is 13.8. The van der Waals surface area contributed by atoms with Crippen molar-refractivity contribution in [1.82, 2.24) is 0 Å². The van der Waals surface area contributed by atoms with E-state index >= 15 is 0 Å². The Labute approximate surface area is 174 Å². The zero-order chi connectivity index (χ0) is 21.2. The van der Waals surface area contributed by atoms with Crippen LogP contribution in [0.2, 0.25) is 13.1 Å². The van der Waals surface area contributed by atoms with Gasteiger partial charge in [0.2, 0.25) is 5.71 Å². The van der Waals surface area contributed by atoms with Crippen LogP contribution in [-0.4, -0.2) is 55.1 Å². The van der Waals surface area contributed by atoms with E-state index in [0.29, 0.717) is 6.54 Å². The van der Waals surface area contributed by atoms with Gasteiger partial charge < -0.3 is 9.80 Å². The topological polar surface area (TPSA) is 69.2 Å². The molecule has 0 atom stereocenters. The first-order valence-corrected chi connectivity index (χ1v) is 13.0. The predicted octanol–water partition coefficient (Wildman–Crippen LogP) is 1.57. The van der Waals surface area contributed by atoms with Crippen LogP contribution in [0.15, 0.2) is 41.5 Å². The van der Waals surface area contributed by atoms with E-state index in [1.807, 2.05) is 0 Å². The third kappa shape index (κ3) is 4.02. The van der Waals surface area contributed by atoms with Crippen molar-refractivity contribution in [3.8, 4) is 0 Å². The quantitative estimate of drug-likeness (QED) is 0.260. The smallest absolute Gasteiger partial charge is 0.212 e. The molecule has 7 heteroatoms. The lowest BCUT2D eigenvalue weighted by atomic mass is 10.00. The van der Waals surface area contributed by atoms with Crippen molar-refractivity contribution in [1.29, 1.82) is 0 Å². The average molecular weight is 408 g/mol. The molecule has 1 aliphatic rings. The summed E-state index contributed by atoms with van der Waals surface area (Å²) < 4.78 is 0. The average Bonchev–Trinajstić information content (AvgIpc) is 2.69. The molecule has 0 saturated heterocycles. The second-order valence-corrected chi connectivity index (χ2v) is 12.8. The van der Waals surface area contributed by atoms with Gasteiger partial charge in [-0.2, -0.15) is 0 Å². The highest BCUT2D eigenvalue weighted by Crippen LogP contribution is 2.24. The minimum Gasteiger partial charge on any atom is -0.378 e. The maximum atomic E-state index is 8.50. The molecular weight excluding hydrogens is 376 g/mol. The van der Waals surface area contributed by atoms with Gasteiger partial charge in [0.05, 0.1) is 0 Å². The third-order valence-corrected chi connectivity index (χ3v) is 9.25. The van der Waals surface area contributed by atoms with Gasteiger partial charge in [0.1, 0.15) is 14.6 Å². The van der Waals surface area contributed by atoms with Crippen LogP contribution in [0.4, 0.5) is 11.4 Å². The maximum Gasteiger partial charge on any atom is 0.212 e. The Morgan fingerprint density at radius 1 is 0.931 bits per heavy atom. The minimum atomic E-state index is -1.87. The Morgan fingerprint density at radius 2 is 1.45 bits per heavy atom. The summed E-state index contributed by atoms with van der Waals surface area (Å²) in [4.78, 5) is 10.8. The molecule has 29 heavy (non-hydrogen) atoms. The number of hydrogen-bond donors (Lipinski definition) is 1. The van der Waals surface area contributed by atoms with E-state index in [2.05, 4.69) is 103 Å². The Hall–Kier alpha value is -2.76. The van der Waals surface area contributed by atoms with Crippen LogP contribution in [0.3, 0.4) is 0 Å². The van der Waals surface area contributed by atoms with Crippen molar-refractivity contribution < 1.29 is 4.99 Å². The van der Waals surface area contributed by atoms with Gasteiger partial charge in [-0.25, -0.2) is 4.99 Å². The zero-order valence-corrected chi connectivity index (χ0v) is 19.3. The molecular formula is C22H31N6Si+. The first-order chi connectivity index (χ1) is 13.8. The maximum absolute atomic E-state index is 8.50. The number of fused-ring (bicyclic) bond motifs is 2. The van der Waals surface area contributed by atoms with E-state index in [4.69, 9.17) is 5.53 Å². The van der Waals surface area contributed by atoms with Crippen LogP contribution in [0, 0.1) is 0 Å². The second-order valence-electron chi connectivity index (χ2n) is 8.48. The van der Waals surface area contributed by atoms with Crippen LogP contribution in [0.5, 0.6) is 0 Å². The van der Waals surface area contributed by atoms with E-state index in [1.54, 1.807) is 0 Å². The molecule has 6 nitrogen and oxygen atoms in total. The molecule has 0 unspecified atom stereocenters. The fourth-order valence-electron chi connectivity index (χ4n) is 3.98. The molecule has 0 amide bonds. The van der Waals surface area contributed by atoms with Crippen molar-refractivity contribution >= 4 is 35.5 Å². The highest BCUT2D eigenvalue weighted by molar-refractivity contribution is 7.02. The standard InChI is InChI=1S/C22H30N6Si/c1-27(2)16-8-10-18-20(14-16)29(5,6)21-15-17(28(3)4)9-11-19(21)22(18)24-12-7-13-25-26-23/h8-11,14-15H,7,12-13H2,1-6H3/p+1. The highest BCUT2D eigenvalue weighted by Gasteiger charge is 2.40. The molecule has 0 fully saturated rings. The molecule has 0 spiro atoms. The molecule has 152 valence electrons. The van der Waals surface area contributed by atoms with Crippen LogP contribution in [-0.2, 0) is 0 Å². The summed E-state index contributed by atoms with van der Waals surface area (Å²) in [6, 6.07) is 13.7. The summed E-state index contributed by atoms with van der Waals surface area (Å²) in [6.07, 6.45) is 0.810. The molecule has 1 aliphatic heterocycles. The Balaban J connectivity index is 2.17. The number of nitrogens with one attached hydrogen (secondary N) is 1. The molecule has 0 aromatic heterocycles. The van der Waals surface area contributed by atoms with Crippen molar-refractivity contribution in [3.63, 3.8) is 0 Å². The molecule has 0 saturated carbocycles. The van der Waals surface area contributed by atoms with Crippen LogP contribution in [0.1, 0.15) is 17.5 Å². The molecule has 0 aliphatic carbocycles. The summed E-state index contributed by atoms with van der Waals surface area (Å²) in [5, 5.41) is 6.58. The fourth-order valence-corrected chi connectivity index (χ4v) is 7.05. The fraction of sp³-hybridized carbons (Fsp3) is 0.409. The van der Waals surface area contributed by atoms with Crippen molar-refractivity contribution in [2.75, 3.05) is 51.1 Å². The highest BCUT2D eigenvalue weighted by atomic mass is 28.3. The zero-order valence-electron chi connectivity index (χ0n) is 18.3. The van der Waals surface area contributed by atoms with E-state index in [-0.39, 0.29) is 0 Å². The first-order valence-electron chi connectivity index (χ1n) is 10.0. The summed E-state index contributed by atoms with van der Waals surface area (Å²) in [7, 11) is 6.50. The molecule has 2 aromatic rings. The van der Waals surface area contributed by atoms with Gasteiger partial charge in [0, 0.05) is 68.6 Å². The summed E-state index contributed by atoms with van der Waals surface area (Å²) >= 11 is 0. The second kappa shape index (κ2) is 8.31. The van der Waals surface area contributed by atoms with Gasteiger partial charge in [-0.1, -0.05) is 18.2 Å². The Kier molecular flexibility index (Phi) is 6.01. The van der Waals surface area contributed by atoms with E-state index in [9.17, 15) is 0 Å². The number of rotatable bonds is 6. The SMILES string of the molecule is CN(C)c1ccc2c(c1)[Si](C)(C)c1cc(N(C)C)ccc1C2=[NH+]CCCN=[N+]=[N-]. The van der Waals surface area contributed by atoms with Crippen LogP contribution in [0.25, 0.3) is 10.4 Å². The van der Waals surface area contributed by atoms with Gasteiger partial charge in [-0.15, -0.1) is 0 Å². The molecule has 1 heterocycles. The minimum absolute atomic E-state index is 0.510. The van der Waals surface area contributed by atoms with Crippen LogP contribution < -0.4 is 25.2 Å². The first kappa shape index (κ1) is 21.0. The van der Waals surface area contributed by atoms with Crippen molar-refractivity contribution in [3.05, 3.63) is 58.0 Å². The predicted molar refractivity (Wildman–Crippen MR) is 126 cm³/mol. The van der Waals surface area contributed by atoms with Crippen molar-refractivity contribution in [2.45, 2.75) is 19.5 Å². The number of nitrogens with zero attached hydrogens (tertiary/aromatic N) is 5. The van der Waals surface area contributed by atoms with E-state index in [1.165, 1.54) is 38.6 Å². The number of azide groups is 1. The number of anilines is 2. The lowest BCUT2D eigenvalue weighted by Gasteiger charge is -2.34. The van der Waals surface area contributed by atoms with Gasteiger partial charge >= 0.3 is 0 Å². The van der Waals surface area contributed by atoms with E-state index < -0.39 is 8.07 Å². The van der Waals surface area contributed by atoms with Gasteiger partial charge in [-0.05, 0) is 52.3 Å². The largest absolute Gasteiger partial charge is 0.378 e. The summed E-state index contributed by atoms with van der Waals surface area (Å²) in [5.74, 6) is 0. The molecule has 1 N–H and O–H groups in total. The van der Waals surface area contributed by atoms with Crippen LogP contribution >= 0.6 is 0 Å². The third-order valence-electron chi connectivity index (χ3n) is 5.72. The molecule has 3 rings (SSSR count). The summed E-state index contributed by atoms with van der Waals surface area (Å²) in [5.41, 5.74) is 14.8. The van der Waals surface area contributed by atoms with Crippen molar-refractivity contribution in [2.24, 2.45) is 5.11 Å². The van der Waals surface area contributed by atoms with Gasteiger partial charge in [0.25, 0.3) is 0 Å². The number of benzene rings is 2. The lowest BCUT2D eigenvalue weighted by molar-refractivity contribution is -0.455. The van der Waals surface area contributed by atoms with Gasteiger partial charge in [-0.3, -0.25) is 0 Å². The number of hydrogen-bond acceptors (Lipinski definition) is 3. The Morgan fingerprint density at radius 3 is 1.90 bits per heavy atom. The Bertz CT molecular complexity index is 923.